The van der Waals surface area contributed by atoms with Gasteiger partial charge >= 0.3 is 0 Å². The van der Waals surface area contributed by atoms with Crippen molar-refractivity contribution >= 4 is 11.3 Å². The van der Waals surface area contributed by atoms with E-state index in [1.54, 1.807) is 31.3 Å². The third-order valence-corrected chi connectivity index (χ3v) is 4.82. The molecule has 23 heavy (non-hydrogen) atoms. The number of hydrogen-bond donors (Lipinski definition) is 3. The molecule has 1 atom stereocenters. The lowest BCUT2D eigenvalue weighted by Crippen LogP contribution is -2.34. The van der Waals surface area contributed by atoms with E-state index in [4.69, 9.17) is 0 Å². The topological polar surface area (TPSA) is 60.9 Å². The summed E-state index contributed by atoms with van der Waals surface area (Å²) in [6.45, 7) is 2.66. The Morgan fingerprint density at radius 2 is 2.13 bits per heavy atom. The molecular weight excluding hydrogens is 313 g/mol. The van der Waals surface area contributed by atoms with E-state index < -0.39 is 5.60 Å². The van der Waals surface area contributed by atoms with Crippen molar-refractivity contribution in [2.24, 2.45) is 0 Å². The average molecular weight is 331 g/mol. The van der Waals surface area contributed by atoms with E-state index in [2.05, 4.69) is 15.5 Å². The van der Waals surface area contributed by atoms with Crippen molar-refractivity contribution in [2.45, 2.75) is 19.1 Å². The maximum absolute atomic E-state index is 13.9. The normalized spacial score (nSPS) is 13.9. The van der Waals surface area contributed by atoms with Gasteiger partial charge in [-0.3, -0.25) is 5.10 Å². The first kappa shape index (κ1) is 15.9. The van der Waals surface area contributed by atoms with Gasteiger partial charge < -0.3 is 10.4 Å². The molecule has 0 aliphatic carbocycles. The highest BCUT2D eigenvalue weighted by atomic mass is 32.1. The summed E-state index contributed by atoms with van der Waals surface area (Å²) < 4.78 is 13.9. The zero-order valence-electron chi connectivity index (χ0n) is 12.7. The Kier molecular flexibility index (Phi) is 4.56. The van der Waals surface area contributed by atoms with E-state index in [0.717, 1.165) is 10.4 Å². The molecule has 2 heterocycles. The first-order chi connectivity index (χ1) is 11.1. The number of aromatic amines is 1. The van der Waals surface area contributed by atoms with Gasteiger partial charge in [-0.25, -0.2) is 4.39 Å². The van der Waals surface area contributed by atoms with Crippen molar-refractivity contribution in [3.63, 3.8) is 0 Å². The minimum atomic E-state index is -0.934. The van der Waals surface area contributed by atoms with E-state index in [-0.39, 0.29) is 5.82 Å². The number of aromatic nitrogens is 2. The van der Waals surface area contributed by atoms with Crippen molar-refractivity contribution in [3.8, 4) is 11.3 Å². The zero-order valence-corrected chi connectivity index (χ0v) is 13.5. The van der Waals surface area contributed by atoms with Gasteiger partial charge in [0.2, 0.25) is 0 Å². The molecule has 0 aliphatic rings. The third kappa shape index (κ3) is 3.50. The smallest absolute Gasteiger partial charge is 0.132 e. The summed E-state index contributed by atoms with van der Waals surface area (Å²) in [4.78, 5) is 0.909. The minimum absolute atomic E-state index is 0.288. The van der Waals surface area contributed by atoms with Crippen molar-refractivity contribution < 1.29 is 9.50 Å². The van der Waals surface area contributed by atoms with Crippen molar-refractivity contribution in [1.29, 1.82) is 0 Å². The first-order valence-corrected chi connectivity index (χ1v) is 8.20. The number of halogens is 1. The summed E-state index contributed by atoms with van der Waals surface area (Å²) in [7, 11) is 0. The predicted molar refractivity (Wildman–Crippen MR) is 89.6 cm³/mol. The van der Waals surface area contributed by atoms with Gasteiger partial charge in [0, 0.05) is 29.1 Å². The number of aliphatic hydroxyl groups is 1. The monoisotopic (exact) mass is 331 g/mol. The number of benzene rings is 1. The first-order valence-electron chi connectivity index (χ1n) is 7.32. The van der Waals surface area contributed by atoms with E-state index in [1.165, 1.54) is 17.4 Å². The van der Waals surface area contributed by atoms with Gasteiger partial charge in [0.25, 0.3) is 0 Å². The van der Waals surface area contributed by atoms with E-state index >= 15 is 0 Å². The molecule has 1 unspecified atom stereocenters. The molecule has 1 aromatic carbocycles. The molecule has 3 aromatic rings. The number of hydrogen-bond acceptors (Lipinski definition) is 4. The molecule has 0 radical (unpaired) electrons. The van der Waals surface area contributed by atoms with Crippen LogP contribution in [-0.2, 0) is 12.1 Å². The van der Waals surface area contributed by atoms with Crippen molar-refractivity contribution in [3.05, 3.63) is 64.2 Å². The second-order valence-electron chi connectivity index (χ2n) is 5.60. The molecule has 0 aliphatic heterocycles. The molecule has 4 nitrogen and oxygen atoms in total. The average Bonchev–Trinajstić information content (AvgIpc) is 3.19. The molecule has 0 fully saturated rings. The largest absolute Gasteiger partial charge is 0.383 e. The fraction of sp³-hybridized carbons (Fsp3) is 0.235. The molecule has 0 spiro atoms. The van der Waals surface area contributed by atoms with Crippen LogP contribution in [0.25, 0.3) is 11.3 Å². The lowest BCUT2D eigenvalue weighted by Gasteiger charge is -2.22. The van der Waals surface area contributed by atoms with Crippen LogP contribution in [0.4, 0.5) is 4.39 Å². The van der Waals surface area contributed by atoms with Gasteiger partial charge in [0.15, 0.2) is 0 Å². The molecule has 120 valence electrons. The molecule has 3 rings (SSSR count). The fourth-order valence-corrected chi connectivity index (χ4v) is 3.24. The molecular formula is C17H18FN3OS. The van der Waals surface area contributed by atoms with E-state index in [1.807, 2.05) is 17.5 Å². The summed E-state index contributed by atoms with van der Waals surface area (Å²) in [5.41, 5.74) is 1.08. The summed E-state index contributed by atoms with van der Waals surface area (Å²) in [5.74, 6) is -0.288. The molecule has 0 saturated carbocycles. The molecule has 3 N–H and O–H groups in total. The Bertz CT molecular complexity index is 768. The van der Waals surface area contributed by atoms with Crippen LogP contribution in [-0.4, -0.2) is 21.8 Å². The van der Waals surface area contributed by atoms with Crippen LogP contribution in [0, 0.1) is 5.82 Å². The number of nitrogens with one attached hydrogen (secondary N) is 2. The van der Waals surface area contributed by atoms with E-state index in [0.29, 0.717) is 24.3 Å². The standard InChI is InChI=1S/C17H18FN3OS/c1-17(22,15-7-4-8-23-15)11-19-9-12-10-20-21-16(12)13-5-2-3-6-14(13)18/h2-8,10,19,22H,9,11H2,1H3,(H,20,21). The summed E-state index contributed by atoms with van der Waals surface area (Å²) in [6.07, 6.45) is 1.68. The molecule has 0 bridgehead atoms. The fourth-order valence-electron chi connectivity index (χ4n) is 2.45. The Hall–Kier alpha value is -2.02. The molecule has 6 heteroatoms. The predicted octanol–water partition coefficient (Wildman–Crippen LogP) is 3.27. The van der Waals surface area contributed by atoms with Crippen LogP contribution in [0.5, 0.6) is 0 Å². The van der Waals surface area contributed by atoms with Crippen LogP contribution in [0.3, 0.4) is 0 Å². The number of H-pyrrole nitrogens is 1. The third-order valence-electron chi connectivity index (χ3n) is 3.70. The van der Waals surface area contributed by atoms with Gasteiger partial charge in [0.05, 0.1) is 11.9 Å². The highest BCUT2D eigenvalue weighted by molar-refractivity contribution is 7.10. The van der Waals surface area contributed by atoms with E-state index in [9.17, 15) is 9.50 Å². The van der Waals surface area contributed by atoms with Gasteiger partial charge in [-0.1, -0.05) is 18.2 Å². The molecule has 2 aromatic heterocycles. The second kappa shape index (κ2) is 6.62. The van der Waals surface area contributed by atoms with Gasteiger partial charge in [-0.15, -0.1) is 11.3 Å². The second-order valence-corrected chi connectivity index (χ2v) is 6.55. The Balaban J connectivity index is 1.69. The number of thiophene rings is 1. The van der Waals surface area contributed by atoms with Crippen LogP contribution in [0.15, 0.2) is 48.0 Å². The highest BCUT2D eigenvalue weighted by Crippen LogP contribution is 2.26. The Labute approximate surface area is 138 Å². The van der Waals surface area contributed by atoms with Gasteiger partial charge in [0.1, 0.15) is 11.4 Å². The summed E-state index contributed by atoms with van der Waals surface area (Å²) in [6, 6.07) is 10.4. The zero-order chi connectivity index (χ0) is 16.3. The quantitative estimate of drug-likeness (QED) is 0.650. The van der Waals surface area contributed by atoms with Gasteiger partial charge in [-0.05, 0) is 30.5 Å². The molecule has 0 saturated heterocycles. The lowest BCUT2D eigenvalue weighted by molar-refractivity contribution is 0.0604. The van der Waals surface area contributed by atoms with Crippen LogP contribution >= 0.6 is 11.3 Å². The SMILES string of the molecule is CC(O)(CNCc1cn[nH]c1-c1ccccc1F)c1cccs1. The van der Waals surface area contributed by atoms with Crippen molar-refractivity contribution in [2.75, 3.05) is 6.54 Å². The Morgan fingerprint density at radius 1 is 1.30 bits per heavy atom. The number of nitrogens with zero attached hydrogens (tertiary/aromatic N) is 1. The highest BCUT2D eigenvalue weighted by Gasteiger charge is 2.23. The van der Waals surface area contributed by atoms with Crippen LogP contribution < -0.4 is 5.32 Å². The molecule has 0 amide bonds. The summed E-state index contributed by atoms with van der Waals surface area (Å²) in [5, 5.41) is 22.5. The van der Waals surface area contributed by atoms with Gasteiger partial charge in [-0.2, -0.15) is 5.10 Å². The van der Waals surface area contributed by atoms with Crippen molar-refractivity contribution in [1.82, 2.24) is 15.5 Å². The minimum Gasteiger partial charge on any atom is -0.383 e. The lowest BCUT2D eigenvalue weighted by atomic mass is 10.0. The van der Waals surface area contributed by atoms with Crippen LogP contribution in [0.1, 0.15) is 17.4 Å². The summed E-state index contributed by atoms with van der Waals surface area (Å²) >= 11 is 1.52. The maximum atomic E-state index is 13.9. The van der Waals surface area contributed by atoms with Crippen LogP contribution in [0.2, 0.25) is 0 Å². The Morgan fingerprint density at radius 3 is 2.87 bits per heavy atom. The number of rotatable bonds is 6. The maximum Gasteiger partial charge on any atom is 0.132 e.